The van der Waals surface area contributed by atoms with Gasteiger partial charge in [-0.3, -0.25) is 4.79 Å². The topological polar surface area (TPSA) is 59.2 Å². The van der Waals surface area contributed by atoms with Gasteiger partial charge in [-0.1, -0.05) is 0 Å². The number of hydrogen-bond donors (Lipinski definition) is 1. The minimum Gasteiger partial charge on any atom is -0.334 e. The molecule has 1 saturated heterocycles. The number of thioether (sulfide) groups is 1. The van der Waals surface area contributed by atoms with Crippen LogP contribution in [-0.2, 0) is 5.75 Å². The van der Waals surface area contributed by atoms with Crippen molar-refractivity contribution in [2.24, 2.45) is 5.73 Å². The van der Waals surface area contributed by atoms with Crippen LogP contribution in [0.3, 0.4) is 0 Å². The number of benzene rings is 1. The van der Waals surface area contributed by atoms with Gasteiger partial charge in [-0.25, -0.2) is 4.98 Å². The Bertz CT molecular complexity index is 712. The molecule has 2 aromatic rings. The number of carbonyl (C=O) groups is 1. The monoisotopic (exact) mass is 375 g/mol. The number of aromatic nitrogens is 1. The summed E-state index contributed by atoms with van der Waals surface area (Å²) < 4.78 is 0. The van der Waals surface area contributed by atoms with E-state index in [-0.39, 0.29) is 18.0 Å². The number of likely N-dealkylation sites (tertiary alicyclic amines) is 1. The Morgan fingerprint density at radius 1 is 1.40 bits per heavy atom. The molecule has 3 rings (SSSR count). The molecule has 1 aromatic heterocycles. The standard InChI is InChI=1S/C19H25N3OS2/c1-13(20)18-5-3-4-10-22(18)19(23)15-6-8-17(9-7-15)25-12-16-11-24-14(2)21-16/h6-9,11,13,18H,3-5,10,12,20H2,1-2H3. The SMILES string of the molecule is Cc1nc(CSc2ccc(C(=O)N3CCCCC3C(C)N)cc2)cs1. The van der Waals surface area contributed by atoms with Crippen LogP contribution in [0.4, 0.5) is 0 Å². The van der Waals surface area contributed by atoms with Crippen LogP contribution < -0.4 is 5.73 Å². The molecule has 134 valence electrons. The van der Waals surface area contributed by atoms with Crippen LogP contribution in [0.25, 0.3) is 0 Å². The first-order chi connectivity index (χ1) is 12.0. The minimum absolute atomic E-state index is 0.0145. The van der Waals surface area contributed by atoms with Crippen LogP contribution in [0, 0.1) is 6.92 Å². The van der Waals surface area contributed by atoms with Crippen LogP contribution in [0.1, 0.15) is 47.2 Å². The predicted octanol–water partition coefficient (Wildman–Crippen LogP) is 4.09. The maximum atomic E-state index is 12.9. The molecule has 6 heteroatoms. The number of nitrogens with two attached hydrogens (primary N) is 1. The Hall–Kier alpha value is -1.37. The Balaban J connectivity index is 1.63. The molecule has 1 aromatic carbocycles. The van der Waals surface area contributed by atoms with Crippen LogP contribution in [-0.4, -0.2) is 34.4 Å². The summed E-state index contributed by atoms with van der Waals surface area (Å²) in [5.74, 6) is 0.963. The fourth-order valence-corrected chi connectivity index (χ4v) is 4.76. The summed E-state index contributed by atoms with van der Waals surface area (Å²) in [6.07, 6.45) is 3.22. The van der Waals surface area contributed by atoms with Crippen molar-refractivity contribution < 1.29 is 4.79 Å². The van der Waals surface area contributed by atoms with Crippen molar-refractivity contribution >= 4 is 29.0 Å². The molecule has 0 radical (unpaired) electrons. The minimum atomic E-state index is 0.0145. The van der Waals surface area contributed by atoms with E-state index in [2.05, 4.69) is 10.4 Å². The molecule has 0 spiro atoms. The lowest BCUT2D eigenvalue weighted by molar-refractivity contribution is 0.0584. The van der Waals surface area contributed by atoms with Crippen LogP contribution in [0.2, 0.25) is 0 Å². The highest BCUT2D eigenvalue weighted by Crippen LogP contribution is 2.26. The molecule has 2 N–H and O–H groups in total. The lowest BCUT2D eigenvalue weighted by Gasteiger charge is -2.38. The molecule has 2 heterocycles. The van der Waals surface area contributed by atoms with E-state index in [1.807, 2.05) is 43.0 Å². The number of nitrogens with zero attached hydrogens (tertiary/aromatic N) is 2. The molecule has 0 saturated carbocycles. The molecular formula is C19H25N3OS2. The van der Waals surface area contributed by atoms with Gasteiger partial charge >= 0.3 is 0 Å². The largest absolute Gasteiger partial charge is 0.334 e. The first kappa shape index (κ1) is 18.4. The summed E-state index contributed by atoms with van der Waals surface area (Å²) in [4.78, 5) is 20.5. The average Bonchev–Trinajstić information content (AvgIpc) is 3.05. The number of aryl methyl sites for hydroxylation is 1. The Labute approximate surface area is 157 Å². The van der Waals surface area contributed by atoms with Crippen LogP contribution >= 0.6 is 23.1 Å². The van der Waals surface area contributed by atoms with Crippen molar-refractivity contribution in [2.75, 3.05) is 6.54 Å². The van der Waals surface area contributed by atoms with Crippen molar-refractivity contribution in [1.29, 1.82) is 0 Å². The van der Waals surface area contributed by atoms with Gasteiger partial charge in [0.1, 0.15) is 0 Å². The third-order valence-electron chi connectivity index (χ3n) is 4.57. The van der Waals surface area contributed by atoms with Crippen LogP contribution in [0.5, 0.6) is 0 Å². The highest BCUT2D eigenvalue weighted by Gasteiger charge is 2.29. The molecule has 1 aliphatic rings. The van der Waals surface area contributed by atoms with E-state index in [4.69, 9.17) is 5.73 Å². The number of carbonyl (C=O) groups excluding carboxylic acids is 1. The van der Waals surface area contributed by atoms with Gasteiger partial charge in [-0.15, -0.1) is 23.1 Å². The van der Waals surface area contributed by atoms with E-state index in [1.54, 1.807) is 23.1 Å². The second-order valence-electron chi connectivity index (χ2n) is 6.59. The fourth-order valence-electron chi connectivity index (χ4n) is 3.25. The molecule has 1 fully saturated rings. The van der Waals surface area contributed by atoms with Gasteiger partial charge < -0.3 is 10.6 Å². The van der Waals surface area contributed by atoms with Gasteiger partial charge in [0, 0.05) is 40.2 Å². The van der Waals surface area contributed by atoms with Gasteiger partial charge in [0.05, 0.1) is 10.7 Å². The van der Waals surface area contributed by atoms with E-state index in [9.17, 15) is 4.79 Å². The Morgan fingerprint density at radius 2 is 2.16 bits per heavy atom. The van der Waals surface area contributed by atoms with Gasteiger partial charge in [0.15, 0.2) is 0 Å². The predicted molar refractivity (Wildman–Crippen MR) is 105 cm³/mol. The smallest absolute Gasteiger partial charge is 0.254 e. The quantitative estimate of drug-likeness (QED) is 0.800. The molecule has 25 heavy (non-hydrogen) atoms. The summed E-state index contributed by atoms with van der Waals surface area (Å²) in [5, 5.41) is 3.20. The second-order valence-corrected chi connectivity index (χ2v) is 8.70. The molecule has 1 amide bonds. The second kappa shape index (κ2) is 8.34. The summed E-state index contributed by atoms with van der Waals surface area (Å²) >= 11 is 3.43. The summed E-state index contributed by atoms with van der Waals surface area (Å²) in [6, 6.07) is 8.10. The summed E-state index contributed by atoms with van der Waals surface area (Å²) in [5.41, 5.74) is 7.95. The van der Waals surface area contributed by atoms with E-state index >= 15 is 0 Å². The van der Waals surface area contributed by atoms with E-state index in [0.717, 1.165) is 52.7 Å². The summed E-state index contributed by atoms with van der Waals surface area (Å²) in [7, 11) is 0. The lowest BCUT2D eigenvalue weighted by atomic mass is 9.96. The molecule has 0 bridgehead atoms. The number of piperidine rings is 1. The van der Waals surface area contributed by atoms with Crippen molar-refractivity contribution in [3.05, 3.63) is 45.9 Å². The Kier molecular flexibility index (Phi) is 6.15. The van der Waals surface area contributed by atoms with E-state index in [0.29, 0.717) is 0 Å². The average molecular weight is 376 g/mol. The van der Waals surface area contributed by atoms with Gasteiger partial charge in [0.2, 0.25) is 0 Å². The first-order valence-corrected chi connectivity index (χ1v) is 10.6. The summed E-state index contributed by atoms with van der Waals surface area (Å²) in [6.45, 7) is 4.83. The molecular weight excluding hydrogens is 350 g/mol. The number of rotatable bonds is 5. The highest BCUT2D eigenvalue weighted by molar-refractivity contribution is 7.98. The van der Waals surface area contributed by atoms with Crippen molar-refractivity contribution in [1.82, 2.24) is 9.88 Å². The highest BCUT2D eigenvalue weighted by atomic mass is 32.2. The maximum Gasteiger partial charge on any atom is 0.254 e. The zero-order chi connectivity index (χ0) is 17.8. The molecule has 4 nitrogen and oxygen atoms in total. The number of hydrogen-bond acceptors (Lipinski definition) is 5. The third-order valence-corrected chi connectivity index (χ3v) is 6.44. The van der Waals surface area contributed by atoms with E-state index in [1.165, 1.54) is 0 Å². The molecule has 2 atom stereocenters. The Morgan fingerprint density at radius 3 is 2.80 bits per heavy atom. The zero-order valence-electron chi connectivity index (χ0n) is 14.8. The van der Waals surface area contributed by atoms with Crippen LogP contribution in [0.15, 0.2) is 34.5 Å². The van der Waals surface area contributed by atoms with Crippen molar-refractivity contribution in [3.63, 3.8) is 0 Å². The zero-order valence-corrected chi connectivity index (χ0v) is 16.4. The molecule has 0 aliphatic carbocycles. The third kappa shape index (κ3) is 4.63. The first-order valence-electron chi connectivity index (χ1n) is 8.75. The van der Waals surface area contributed by atoms with Gasteiger partial charge in [-0.05, 0) is 57.4 Å². The molecule has 2 unspecified atom stereocenters. The maximum absolute atomic E-state index is 12.9. The number of amides is 1. The normalized spacial score (nSPS) is 19.0. The molecule has 1 aliphatic heterocycles. The van der Waals surface area contributed by atoms with E-state index < -0.39 is 0 Å². The lowest BCUT2D eigenvalue weighted by Crippen LogP contribution is -2.51. The van der Waals surface area contributed by atoms with Crippen molar-refractivity contribution in [2.45, 2.75) is 55.8 Å². The van der Waals surface area contributed by atoms with Crippen molar-refractivity contribution in [3.8, 4) is 0 Å². The van der Waals surface area contributed by atoms with Gasteiger partial charge in [0.25, 0.3) is 5.91 Å². The van der Waals surface area contributed by atoms with Gasteiger partial charge in [-0.2, -0.15) is 0 Å². The number of thiazole rings is 1. The fraction of sp³-hybridized carbons (Fsp3) is 0.474.